The minimum absolute atomic E-state index is 0.0298. The minimum atomic E-state index is -3.57. The molecule has 2 heterocycles. The molecule has 0 amide bonds. The van der Waals surface area contributed by atoms with E-state index in [0.29, 0.717) is 19.6 Å². The predicted octanol–water partition coefficient (Wildman–Crippen LogP) is -1.92. The number of rotatable bonds is 3. The lowest BCUT2D eigenvalue weighted by Crippen LogP contribution is -2.58. The first kappa shape index (κ1) is 15.2. The molecule has 9 heteroatoms. The van der Waals surface area contributed by atoms with Gasteiger partial charge in [-0.25, -0.2) is 16.8 Å². The number of nitrogens with zero attached hydrogens (tertiary/aromatic N) is 2. The molecule has 0 aromatic heterocycles. The van der Waals surface area contributed by atoms with Crippen LogP contribution in [0.5, 0.6) is 0 Å². The van der Waals surface area contributed by atoms with E-state index in [1.54, 1.807) is 0 Å². The summed E-state index contributed by atoms with van der Waals surface area (Å²) in [6, 6.07) is -0.257. The van der Waals surface area contributed by atoms with E-state index in [0.717, 1.165) is 0 Å². The summed E-state index contributed by atoms with van der Waals surface area (Å²) in [7, 11) is -4.85. The Morgan fingerprint density at radius 1 is 1.32 bits per heavy atom. The molecule has 0 saturated carbocycles. The van der Waals surface area contributed by atoms with Gasteiger partial charge in [-0.15, -0.1) is 0 Å². The first-order valence-electron chi connectivity index (χ1n) is 6.36. The van der Waals surface area contributed by atoms with E-state index < -0.39 is 25.1 Å². The van der Waals surface area contributed by atoms with E-state index in [1.165, 1.54) is 4.31 Å². The largest absolute Gasteiger partial charge is 0.329 e. The monoisotopic (exact) mass is 311 g/mol. The van der Waals surface area contributed by atoms with Crippen molar-refractivity contribution in [3.8, 4) is 0 Å². The number of piperazine rings is 1. The van der Waals surface area contributed by atoms with Crippen LogP contribution >= 0.6 is 0 Å². The van der Waals surface area contributed by atoms with Crippen LogP contribution in [0.4, 0.5) is 0 Å². The maximum absolute atomic E-state index is 12.5. The molecule has 112 valence electrons. The zero-order valence-electron chi connectivity index (χ0n) is 11.0. The van der Waals surface area contributed by atoms with Gasteiger partial charge in [0.1, 0.15) is 0 Å². The van der Waals surface area contributed by atoms with Crippen LogP contribution in [0.3, 0.4) is 0 Å². The van der Waals surface area contributed by atoms with Gasteiger partial charge in [-0.1, -0.05) is 0 Å². The molecule has 2 N–H and O–H groups in total. The second kappa shape index (κ2) is 5.28. The van der Waals surface area contributed by atoms with Crippen LogP contribution in [-0.2, 0) is 19.9 Å². The van der Waals surface area contributed by atoms with Gasteiger partial charge in [0.2, 0.25) is 10.0 Å². The normalized spacial score (nSPS) is 33.6. The van der Waals surface area contributed by atoms with Crippen molar-refractivity contribution in [2.45, 2.75) is 17.7 Å². The molecule has 0 bridgehead atoms. The number of nitrogens with two attached hydrogens (primary N) is 1. The molecule has 2 unspecified atom stereocenters. The molecule has 19 heavy (non-hydrogen) atoms. The zero-order valence-corrected chi connectivity index (χ0v) is 12.7. The highest BCUT2D eigenvalue weighted by molar-refractivity contribution is 7.95. The zero-order chi connectivity index (χ0) is 14.3. The Morgan fingerprint density at radius 3 is 2.53 bits per heavy atom. The van der Waals surface area contributed by atoms with E-state index in [-0.39, 0.29) is 30.5 Å². The van der Waals surface area contributed by atoms with Crippen molar-refractivity contribution >= 4 is 19.9 Å². The Labute approximate surface area is 114 Å². The van der Waals surface area contributed by atoms with Gasteiger partial charge in [0, 0.05) is 32.2 Å². The topological polar surface area (TPSA) is 101 Å². The average Bonchev–Trinajstić information content (AvgIpc) is 2.69. The van der Waals surface area contributed by atoms with E-state index in [4.69, 9.17) is 5.73 Å². The van der Waals surface area contributed by atoms with Gasteiger partial charge < -0.3 is 10.6 Å². The van der Waals surface area contributed by atoms with Crippen molar-refractivity contribution in [2.24, 2.45) is 5.73 Å². The fourth-order valence-electron chi connectivity index (χ4n) is 2.71. The van der Waals surface area contributed by atoms with Crippen molar-refractivity contribution in [3.05, 3.63) is 0 Å². The summed E-state index contributed by atoms with van der Waals surface area (Å²) < 4.78 is 49.4. The van der Waals surface area contributed by atoms with Crippen LogP contribution in [0.2, 0.25) is 0 Å². The van der Waals surface area contributed by atoms with Crippen molar-refractivity contribution < 1.29 is 16.8 Å². The summed E-state index contributed by atoms with van der Waals surface area (Å²) in [6.45, 7) is 1.88. The highest BCUT2D eigenvalue weighted by atomic mass is 32.2. The molecule has 2 aliphatic heterocycles. The summed E-state index contributed by atoms with van der Waals surface area (Å²) in [5.74, 6) is -0.281. The van der Waals surface area contributed by atoms with Crippen molar-refractivity contribution in [1.82, 2.24) is 9.21 Å². The molecule has 2 rings (SSSR count). The Hall–Kier alpha value is -0.220. The smallest absolute Gasteiger partial charge is 0.218 e. The van der Waals surface area contributed by atoms with Gasteiger partial charge in [-0.05, 0) is 13.5 Å². The maximum Gasteiger partial charge on any atom is 0.218 e. The van der Waals surface area contributed by atoms with Crippen LogP contribution in [0.1, 0.15) is 6.42 Å². The van der Waals surface area contributed by atoms with Crippen LogP contribution in [0.15, 0.2) is 0 Å². The lowest BCUT2D eigenvalue weighted by atomic mass is 10.2. The van der Waals surface area contributed by atoms with Gasteiger partial charge >= 0.3 is 0 Å². The summed E-state index contributed by atoms with van der Waals surface area (Å²) in [5.41, 5.74) is 5.65. The summed E-state index contributed by atoms with van der Waals surface area (Å²) >= 11 is 0. The lowest BCUT2D eigenvalue weighted by Gasteiger charge is -2.39. The van der Waals surface area contributed by atoms with E-state index in [9.17, 15) is 16.8 Å². The fourth-order valence-corrected chi connectivity index (χ4v) is 7.41. The van der Waals surface area contributed by atoms with Crippen LogP contribution in [0, 0.1) is 0 Å². The fraction of sp³-hybridized carbons (Fsp3) is 1.00. The van der Waals surface area contributed by atoms with Gasteiger partial charge in [-0.3, -0.25) is 0 Å². The molecule has 2 aliphatic rings. The summed E-state index contributed by atoms with van der Waals surface area (Å²) in [4.78, 5) is 2.04. The number of hydrogen-bond donors (Lipinski definition) is 1. The SMILES string of the molecule is CN1CCN(S(=O)(=O)C2CCS(=O)(=O)C2)C(CN)C1. The van der Waals surface area contributed by atoms with Crippen molar-refractivity contribution in [1.29, 1.82) is 0 Å². The maximum atomic E-state index is 12.5. The molecule has 7 nitrogen and oxygen atoms in total. The van der Waals surface area contributed by atoms with Crippen molar-refractivity contribution in [3.63, 3.8) is 0 Å². The quantitative estimate of drug-likeness (QED) is 0.652. The number of hydrogen-bond acceptors (Lipinski definition) is 6. The Kier molecular flexibility index (Phi) is 4.22. The molecular formula is C10H21N3O4S2. The third kappa shape index (κ3) is 3.10. The predicted molar refractivity (Wildman–Crippen MR) is 73.0 cm³/mol. The second-order valence-electron chi connectivity index (χ2n) is 5.33. The van der Waals surface area contributed by atoms with Gasteiger partial charge in [0.05, 0.1) is 16.8 Å². The van der Waals surface area contributed by atoms with Crippen LogP contribution < -0.4 is 5.73 Å². The Balaban J connectivity index is 2.19. The van der Waals surface area contributed by atoms with Gasteiger partial charge in [-0.2, -0.15) is 4.31 Å². The highest BCUT2D eigenvalue weighted by Crippen LogP contribution is 2.24. The average molecular weight is 311 g/mol. The summed E-state index contributed by atoms with van der Waals surface area (Å²) in [6.07, 6.45) is 0.203. The molecule has 2 saturated heterocycles. The molecule has 0 aromatic carbocycles. The third-order valence-corrected chi connectivity index (χ3v) is 8.20. The minimum Gasteiger partial charge on any atom is -0.329 e. The van der Waals surface area contributed by atoms with Crippen molar-refractivity contribution in [2.75, 3.05) is 44.7 Å². The molecular weight excluding hydrogens is 290 g/mol. The number of sulfonamides is 1. The summed E-state index contributed by atoms with van der Waals surface area (Å²) in [5, 5.41) is -0.796. The third-order valence-electron chi connectivity index (χ3n) is 3.84. The highest BCUT2D eigenvalue weighted by Gasteiger charge is 2.43. The van der Waals surface area contributed by atoms with Crippen LogP contribution in [0.25, 0.3) is 0 Å². The molecule has 0 aromatic rings. The van der Waals surface area contributed by atoms with Gasteiger partial charge in [0.25, 0.3) is 0 Å². The molecule has 0 aliphatic carbocycles. The first-order valence-corrected chi connectivity index (χ1v) is 9.68. The molecule has 0 radical (unpaired) electrons. The van der Waals surface area contributed by atoms with Crippen LogP contribution in [-0.4, -0.2) is 82.1 Å². The van der Waals surface area contributed by atoms with E-state index >= 15 is 0 Å². The van der Waals surface area contributed by atoms with E-state index in [2.05, 4.69) is 0 Å². The second-order valence-corrected chi connectivity index (χ2v) is 9.73. The lowest BCUT2D eigenvalue weighted by molar-refractivity contribution is 0.163. The molecule has 2 atom stereocenters. The van der Waals surface area contributed by atoms with E-state index in [1.807, 2.05) is 11.9 Å². The first-order chi connectivity index (χ1) is 8.76. The molecule has 0 spiro atoms. The Bertz CT molecular complexity index is 531. The number of likely N-dealkylation sites (N-methyl/N-ethyl adjacent to an activating group) is 1. The number of sulfone groups is 1. The Morgan fingerprint density at radius 2 is 2.00 bits per heavy atom. The standard InChI is InChI=1S/C10H21N3O4S2/c1-12-3-4-13(9(6-11)7-12)19(16,17)10-2-5-18(14,15)8-10/h9-10H,2-8,11H2,1H3. The molecule has 2 fully saturated rings. The van der Waals surface area contributed by atoms with Gasteiger partial charge in [0.15, 0.2) is 9.84 Å².